The summed E-state index contributed by atoms with van der Waals surface area (Å²) in [4.78, 5) is 19.3. The summed E-state index contributed by atoms with van der Waals surface area (Å²) in [6, 6.07) is 18.2. The van der Waals surface area contributed by atoms with Crippen LogP contribution in [0.4, 0.5) is 0 Å². The molecule has 2 aliphatic rings. The van der Waals surface area contributed by atoms with Crippen molar-refractivity contribution in [2.45, 2.75) is 64.5 Å². The number of para-hydroxylation sites is 1. The number of likely N-dealkylation sites (tertiary alicyclic amines) is 1. The molecule has 186 valence electrons. The number of aromatic amines is 1. The van der Waals surface area contributed by atoms with Crippen LogP contribution in [0.3, 0.4) is 0 Å². The van der Waals surface area contributed by atoms with E-state index < -0.39 is 0 Å². The van der Waals surface area contributed by atoms with Crippen LogP contribution in [0.25, 0.3) is 10.9 Å². The van der Waals surface area contributed by atoms with Crippen LogP contribution in [0, 0.1) is 12.3 Å². The zero-order valence-corrected chi connectivity index (χ0v) is 21.0. The van der Waals surface area contributed by atoms with E-state index in [0.29, 0.717) is 12.0 Å². The number of hydrogen-bond acceptors (Lipinski definition) is 5. The topological polar surface area (TPSA) is 79.7 Å². The number of hydrogen-bond donors (Lipinski definition) is 1. The Labute approximate surface area is 211 Å². The lowest BCUT2D eigenvalue weighted by Gasteiger charge is -2.47. The van der Waals surface area contributed by atoms with Crippen molar-refractivity contribution in [1.82, 2.24) is 30.1 Å². The molecule has 0 amide bonds. The fraction of sp³-hybridized carbons (Fsp3) is 0.448. The number of nitrogens with zero attached hydrogens (tertiary/aromatic N) is 5. The van der Waals surface area contributed by atoms with Gasteiger partial charge in [0, 0.05) is 12.1 Å². The maximum absolute atomic E-state index is 13.6. The molecular weight excluding hydrogens is 448 g/mol. The highest BCUT2D eigenvalue weighted by Gasteiger charge is 2.41. The minimum Gasteiger partial charge on any atom is -0.321 e. The van der Waals surface area contributed by atoms with Crippen molar-refractivity contribution in [3.05, 3.63) is 87.5 Å². The molecule has 1 spiro atoms. The molecule has 2 aromatic carbocycles. The molecule has 1 atom stereocenters. The van der Waals surface area contributed by atoms with E-state index in [-0.39, 0.29) is 11.6 Å². The number of aryl methyl sites for hydroxylation is 1. The van der Waals surface area contributed by atoms with Gasteiger partial charge in [-0.05, 0) is 77.6 Å². The molecule has 3 heterocycles. The van der Waals surface area contributed by atoms with Gasteiger partial charge in [0.1, 0.15) is 6.04 Å². The molecule has 1 aliphatic heterocycles. The lowest BCUT2D eigenvalue weighted by Crippen LogP contribution is -2.47. The van der Waals surface area contributed by atoms with Crippen molar-refractivity contribution in [2.24, 2.45) is 5.41 Å². The zero-order chi connectivity index (χ0) is 24.5. The van der Waals surface area contributed by atoms with E-state index in [1.54, 1.807) is 0 Å². The second kappa shape index (κ2) is 9.62. The van der Waals surface area contributed by atoms with Crippen LogP contribution in [-0.2, 0) is 6.54 Å². The second-order valence-corrected chi connectivity index (χ2v) is 10.8. The minimum atomic E-state index is -0.295. The average Bonchev–Trinajstić information content (AvgIpc) is 3.34. The zero-order valence-electron chi connectivity index (χ0n) is 21.0. The predicted octanol–water partition coefficient (Wildman–Crippen LogP) is 5.01. The van der Waals surface area contributed by atoms with Crippen LogP contribution < -0.4 is 5.56 Å². The van der Waals surface area contributed by atoms with Crippen molar-refractivity contribution in [2.75, 3.05) is 13.1 Å². The number of pyridine rings is 1. The standard InChI is InChI=1S/C29H34N6O/c1-21-10-8-13-23-18-24(28(36)30-25(21)23)26(34-17-9-16-29(20-34)14-6-3-7-15-29)27-31-32-33-35(27)19-22-11-4-2-5-12-22/h2,4-5,8,10-13,18,26H,3,6-7,9,14-17,19-20H2,1H3,(H,30,36)/t26-/m0/s1. The van der Waals surface area contributed by atoms with Gasteiger partial charge in [0.2, 0.25) is 0 Å². The number of aromatic nitrogens is 5. The highest BCUT2D eigenvalue weighted by Crippen LogP contribution is 2.45. The number of tetrazole rings is 1. The summed E-state index contributed by atoms with van der Waals surface area (Å²) in [7, 11) is 0. The Morgan fingerprint density at radius 3 is 2.64 bits per heavy atom. The van der Waals surface area contributed by atoms with E-state index in [2.05, 4.69) is 49.7 Å². The molecule has 0 radical (unpaired) electrons. The smallest absolute Gasteiger partial charge is 0.253 e. The molecule has 36 heavy (non-hydrogen) atoms. The molecule has 0 unspecified atom stereocenters. The van der Waals surface area contributed by atoms with E-state index in [1.807, 2.05) is 41.9 Å². The van der Waals surface area contributed by atoms with Gasteiger partial charge >= 0.3 is 0 Å². The monoisotopic (exact) mass is 482 g/mol. The number of piperidine rings is 1. The normalized spacial score (nSPS) is 19.0. The molecule has 0 bridgehead atoms. The summed E-state index contributed by atoms with van der Waals surface area (Å²) < 4.78 is 1.88. The molecule has 7 heteroatoms. The maximum atomic E-state index is 13.6. The van der Waals surface area contributed by atoms with Crippen molar-refractivity contribution in [3.63, 3.8) is 0 Å². The van der Waals surface area contributed by atoms with Crippen LogP contribution >= 0.6 is 0 Å². The lowest BCUT2D eigenvalue weighted by atomic mass is 9.69. The van der Waals surface area contributed by atoms with Crippen LogP contribution in [-0.4, -0.2) is 43.2 Å². The van der Waals surface area contributed by atoms with E-state index in [4.69, 9.17) is 0 Å². The van der Waals surface area contributed by atoms with Gasteiger partial charge in [0.05, 0.1) is 12.1 Å². The van der Waals surface area contributed by atoms with Crippen molar-refractivity contribution in [1.29, 1.82) is 0 Å². The molecule has 1 saturated carbocycles. The predicted molar refractivity (Wildman–Crippen MR) is 141 cm³/mol. The fourth-order valence-electron chi connectivity index (χ4n) is 6.56. The van der Waals surface area contributed by atoms with Gasteiger partial charge in [-0.1, -0.05) is 67.8 Å². The van der Waals surface area contributed by atoms with Gasteiger partial charge in [-0.2, -0.15) is 0 Å². The summed E-state index contributed by atoms with van der Waals surface area (Å²) in [5, 5.41) is 14.1. The Balaban J connectivity index is 1.46. The first-order valence-corrected chi connectivity index (χ1v) is 13.3. The molecule has 1 saturated heterocycles. The van der Waals surface area contributed by atoms with Gasteiger partial charge < -0.3 is 4.98 Å². The molecule has 6 rings (SSSR count). The maximum Gasteiger partial charge on any atom is 0.253 e. The first-order valence-electron chi connectivity index (χ1n) is 13.3. The van der Waals surface area contributed by atoms with Gasteiger partial charge in [0.25, 0.3) is 5.56 Å². The molecule has 2 fully saturated rings. The molecule has 7 nitrogen and oxygen atoms in total. The largest absolute Gasteiger partial charge is 0.321 e. The van der Waals surface area contributed by atoms with Gasteiger partial charge in [-0.25, -0.2) is 4.68 Å². The number of nitrogens with one attached hydrogen (secondary N) is 1. The third-order valence-electron chi connectivity index (χ3n) is 8.36. The Morgan fingerprint density at radius 2 is 1.81 bits per heavy atom. The Kier molecular flexibility index (Phi) is 6.17. The number of H-pyrrole nitrogens is 1. The van der Waals surface area contributed by atoms with Crippen LogP contribution in [0.15, 0.2) is 59.4 Å². The SMILES string of the molecule is Cc1cccc2cc([C@@H](c3nnnn3Cc3ccccc3)N3CCCC4(CCCCC4)C3)c(=O)[nH]c12. The highest BCUT2D eigenvalue weighted by molar-refractivity contribution is 5.82. The van der Waals surface area contributed by atoms with Crippen LogP contribution in [0.2, 0.25) is 0 Å². The molecule has 2 aromatic heterocycles. The summed E-state index contributed by atoms with van der Waals surface area (Å²) in [5.41, 5.74) is 4.11. The van der Waals surface area contributed by atoms with Gasteiger partial charge in [-0.15, -0.1) is 5.10 Å². The third kappa shape index (κ3) is 4.37. The highest BCUT2D eigenvalue weighted by atomic mass is 16.1. The first-order chi connectivity index (χ1) is 17.6. The molecule has 4 aromatic rings. The number of fused-ring (bicyclic) bond motifs is 1. The van der Waals surface area contributed by atoms with E-state index in [9.17, 15) is 4.79 Å². The van der Waals surface area contributed by atoms with Gasteiger partial charge in [-0.3, -0.25) is 9.69 Å². The Morgan fingerprint density at radius 1 is 1.00 bits per heavy atom. The fourth-order valence-corrected chi connectivity index (χ4v) is 6.56. The molecule has 1 aliphatic carbocycles. The average molecular weight is 483 g/mol. The van der Waals surface area contributed by atoms with Crippen LogP contribution in [0.5, 0.6) is 0 Å². The quantitative estimate of drug-likeness (QED) is 0.433. The van der Waals surface area contributed by atoms with Gasteiger partial charge in [0.15, 0.2) is 5.82 Å². The minimum absolute atomic E-state index is 0.0562. The van der Waals surface area contributed by atoms with Crippen molar-refractivity contribution >= 4 is 10.9 Å². The van der Waals surface area contributed by atoms with Crippen molar-refractivity contribution < 1.29 is 0 Å². The van der Waals surface area contributed by atoms with E-state index in [1.165, 1.54) is 38.5 Å². The molecule has 1 N–H and O–H groups in total. The number of rotatable bonds is 5. The van der Waals surface area contributed by atoms with Crippen LogP contribution in [0.1, 0.15) is 73.5 Å². The van der Waals surface area contributed by atoms with Crippen molar-refractivity contribution in [3.8, 4) is 0 Å². The summed E-state index contributed by atoms with van der Waals surface area (Å²) in [6.45, 7) is 4.54. The Hall–Kier alpha value is -3.32. The second-order valence-electron chi connectivity index (χ2n) is 10.8. The summed E-state index contributed by atoms with van der Waals surface area (Å²) in [6.07, 6.45) is 8.92. The Bertz CT molecular complexity index is 1400. The van der Waals surface area contributed by atoms with E-state index >= 15 is 0 Å². The van der Waals surface area contributed by atoms with E-state index in [0.717, 1.165) is 52.9 Å². The first kappa shape index (κ1) is 23.1. The summed E-state index contributed by atoms with van der Waals surface area (Å²) >= 11 is 0. The number of benzene rings is 2. The molecular formula is C29H34N6O. The third-order valence-corrected chi connectivity index (χ3v) is 8.36. The summed E-state index contributed by atoms with van der Waals surface area (Å²) in [5.74, 6) is 0.740. The lowest BCUT2D eigenvalue weighted by molar-refractivity contribution is 0.0340.